The summed E-state index contributed by atoms with van der Waals surface area (Å²) in [6, 6.07) is 6.71. The Kier molecular flexibility index (Phi) is 2.29. The lowest BCUT2D eigenvalue weighted by Gasteiger charge is -2.15. The first kappa shape index (κ1) is 9.10. The average Bonchev–Trinajstić information content (AvgIpc) is 2.82. The quantitative estimate of drug-likeness (QED) is 0.705. The molecule has 75 valence electrons. The van der Waals surface area contributed by atoms with Crippen LogP contribution in [0.15, 0.2) is 29.8 Å². The Hall–Kier alpha value is -1.15. The second-order valence-electron chi connectivity index (χ2n) is 3.85. The molecule has 3 rings (SSSR count). The highest BCUT2D eigenvalue weighted by Crippen LogP contribution is 2.29. The fourth-order valence-corrected chi connectivity index (χ4v) is 2.70. The van der Waals surface area contributed by atoms with E-state index in [0.29, 0.717) is 0 Å². The van der Waals surface area contributed by atoms with Crippen LogP contribution >= 0.6 is 11.3 Å². The summed E-state index contributed by atoms with van der Waals surface area (Å²) in [5, 5.41) is 3.15. The molecule has 0 spiro atoms. The van der Waals surface area contributed by atoms with Crippen molar-refractivity contribution in [3.8, 4) is 10.6 Å². The van der Waals surface area contributed by atoms with Crippen molar-refractivity contribution in [3.05, 3.63) is 47.3 Å². The molecule has 1 aliphatic rings. The Morgan fingerprint density at radius 3 is 3.13 bits per heavy atom. The molecule has 0 aliphatic heterocycles. The minimum Gasteiger partial charge on any atom is -0.245 e. The maximum Gasteiger partial charge on any atom is 0.123 e. The molecule has 0 bridgehead atoms. The van der Waals surface area contributed by atoms with Crippen molar-refractivity contribution in [2.75, 3.05) is 0 Å². The molecule has 1 radical (unpaired) electrons. The van der Waals surface area contributed by atoms with Gasteiger partial charge in [-0.05, 0) is 42.9 Å². The van der Waals surface area contributed by atoms with E-state index in [0.717, 1.165) is 5.01 Å². The number of thiazole rings is 1. The molecule has 0 saturated heterocycles. The number of rotatable bonds is 1. The predicted octanol–water partition coefficient (Wildman–Crippen LogP) is 3.70. The number of nitrogens with zero attached hydrogens (tertiary/aromatic N) is 1. The lowest BCUT2D eigenvalue weighted by molar-refractivity contribution is 0.775. The summed E-state index contributed by atoms with van der Waals surface area (Å²) >= 11 is 1.70. The number of aryl methyl sites for hydroxylation is 1. The van der Waals surface area contributed by atoms with Gasteiger partial charge < -0.3 is 0 Å². The van der Waals surface area contributed by atoms with E-state index in [1.54, 1.807) is 11.3 Å². The minimum atomic E-state index is 1.12. The monoisotopic (exact) mass is 214 g/mol. The zero-order valence-corrected chi connectivity index (χ0v) is 9.26. The predicted molar refractivity (Wildman–Crippen MR) is 63.9 cm³/mol. The van der Waals surface area contributed by atoms with Crippen LogP contribution < -0.4 is 0 Å². The summed E-state index contributed by atoms with van der Waals surface area (Å²) < 4.78 is 0. The summed E-state index contributed by atoms with van der Waals surface area (Å²) in [6.07, 6.45) is 7.95. The first-order chi connectivity index (χ1) is 7.43. The first-order valence-electron chi connectivity index (χ1n) is 5.29. The number of aromatic nitrogens is 1. The van der Waals surface area contributed by atoms with Crippen LogP contribution in [0.3, 0.4) is 0 Å². The van der Waals surface area contributed by atoms with Crippen LogP contribution in [0.25, 0.3) is 10.6 Å². The summed E-state index contributed by atoms with van der Waals surface area (Å²) in [7, 11) is 0. The van der Waals surface area contributed by atoms with Gasteiger partial charge in [-0.1, -0.05) is 12.1 Å². The normalized spacial score (nSPS) is 14.9. The number of benzene rings is 1. The van der Waals surface area contributed by atoms with Gasteiger partial charge in [-0.25, -0.2) is 4.98 Å². The zero-order valence-electron chi connectivity index (χ0n) is 8.44. The number of fused-ring (bicyclic) bond motifs is 1. The van der Waals surface area contributed by atoms with Gasteiger partial charge in [-0.15, -0.1) is 11.3 Å². The van der Waals surface area contributed by atoms with Crippen LogP contribution in [0.4, 0.5) is 0 Å². The highest BCUT2D eigenvalue weighted by atomic mass is 32.1. The maximum atomic E-state index is 4.34. The van der Waals surface area contributed by atoms with Gasteiger partial charge in [0.2, 0.25) is 0 Å². The van der Waals surface area contributed by atoms with Crippen LogP contribution in [-0.2, 0) is 6.42 Å². The van der Waals surface area contributed by atoms with E-state index in [-0.39, 0.29) is 0 Å². The third kappa shape index (κ3) is 1.70. The van der Waals surface area contributed by atoms with E-state index in [1.807, 2.05) is 11.6 Å². The molecule has 2 heteroatoms. The third-order valence-corrected chi connectivity index (χ3v) is 3.66. The molecule has 1 heterocycles. The molecule has 0 unspecified atom stereocenters. The van der Waals surface area contributed by atoms with E-state index in [9.17, 15) is 0 Å². The second kappa shape index (κ2) is 3.78. The molecule has 0 saturated carbocycles. The molecular formula is C13H12NS. The van der Waals surface area contributed by atoms with Gasteiger partial charge in [0, 0.05) is 17.1 Å². The second-order valence-corrected chi connectivity index (χ2v) is 4.74. The maximum absolute atomic E-state index is 4.34. The van der Waals surface area contributed by atoms with Gasteiger partial charge in [0.1, 0.15) is 5.01 Å². The molecule has 1 aromatic carbocycles. The van der Waals surface area contributed by atoms with E-state index in [1.165, 1.54) is 36.0 Å². The van der Waals surface area contributed by atoms with Gasteiger partial charge >= 0.3 is 0 Å². The van der Waals surface area contributed by atoms with Gasteiger partial charge in [-0.2, -0.15) is 0 Å². The van der Waals surface area contributed by atoms with E-state index >= 15 is 0 Å². The lowest BCUT2D eigenvalue weighted by atomic mass is 9.90. The van der Waals surface area contributed by atoms with Crippen LogP contribution in [0.1, 0.15) is 24.0 Å². The van der Waals surface area contributed by atoms with Crippen molar-refractivity contribution in [1.82, 2.24) is 4.98 Å². The molecule has 0 N–H and O–H groups in total. The minimum absolute atomic E-state index is 1.12. The molecule has 15 heavy (non-hydrogen) atoms. The summed E-state index contributed by atoms with van der Waals surface area (Å²) in [6.45, 7) is 0. The fraction of sp³-hybridized carbons (Fsp3) is 0.231. The highest BCUT2D eigenvalue weighted by Gasteiger charge is 2.10. The first-order valence-corrected chi connectivity index (χ1v) is 6.17. The van der Waals surface area contributed by atoms with Crippen molar-refractivity contribution in [3.63, 3.8) is 0 Å². The standard InChI is InChI=1S/C13H12NS/c1-2-4-11-9-12(6-5-10(11)3-1)13-14-7-8-15-13/h4-9H,1-3H2. The van der Waals surface area contributed by atoms with Crippen LogP contribution in [0.2, 0.25) is 0 Å². The molecule has 1 nitrogen and oxygen atoms in total. The van der Waals surface area contributed by atoms with Gasteiger partial charge in [0.25, 0.3) is 0 Å². The van der Waals surface area contributed by atoms with Crippen LogP contribution in [0.5, 0.6) is 0 Å². The van der Waals surface area contributed by atoms with Crippen LogP contribution in [0, 0.1) is 6.42 Å². The van der Waals surface area contributed by atoms with E-state index in [4.69, 9.17) is 0 Å². The zero-order chi connectivity index (χ0) is 10.1. The molecule has 1 aliphatic carbocycles. The largest absolute Gasteiger partial charge is 0.245 e. The van der Waals surface area contributed by atoms with Crippen molar-refractivity contribution in [2.45, 2.75) is 19.3 Å². The molecule has 2 aromatic rings. The van der Waals surface area contributed by atoms with Crippen molar-refractivity contribution in [1.29, 1.82) is 0 Å². The van der Waals surface area contributed by atoms with Gasteiger partial charge in [0.05, 0.1) is 0 Å². The fourth-order valence-electron chi connectivity index (χ4n) is 2.06. The summed E-state index contributed by atoms with van der Waals surface area (Å²) in [4.78, 5) is 4.34. The third-order valence-electron chi connectivity index (χ3n) is 2.84. The Morgan fingerprint density at radius 1 is 1.27 bits per heavy atom. The SMILES string of the molecule is [CH]1CCCc2ccc(-c3nccs3)cc21. The Labute approximate surface area is 93.8 Å². The number of hydrogen-bond acceptors (Lipinski definition) is 2. The Balaban J connectivity index is 2.04. The lowest BCUT2D eigenvalue weighted by Crippen LogP contribution is -2.00. The summed E-state index contributed by atoms with van der Waals surface area (Å²) in [5.41, 5.74) is 4.15. The van der Waals surface area contributed by atoms with Gasteiger partial charge in [0.15, 0.2) is 0 Å². The average molecular weight is 214 g/mol. The Bertz CT molecular complexity index is 459. The smallest absolute Gasteiger partial charge is 0.123 e. The van der Waals surface area contributed by atoms with Gasteiger partial charge in [-0.3, -0.25) is 0 Å². The molecular weight excluding hydrogens is 202 g/mol. The van der Waals surface area contributed by atoms with E-state index < -0.39 is 0 Å². The van der Waals surface area contributed by atoms with Crippen molar-refractivity contribution in [2.24, 2.45) is 0 Å². The van der Waals surface area contributed by atoms with Crippen molar-refractivity contribution < 1.29 is 0 Å². The van der Waals surface area contributed by atoms with E-state index in [2.05, 4.69) is 29.6 Å². The highest BCUT2D eigenvalue weighted by molar-refractivity contribution is 7.13. The Morgan fingerprint density at radius 2 is 2.27 bits per heavy atom. The summed E-state index contributed by atoms with van der Waals surface area (Å²) in [5.74, 6) is 0. The molecule has 0 fully saturated rings. The molecule has 0 amide bonds. The topological polar surface area (TPSA) is 12.9 Å². The number of hydrogen-bond donors (Lipinski definition) is 0. The molecule has 0 atom stereocenters. The molecule has 1 aromatic heterocycles. The van der Waals surface area contributed by atoms with Crippen LogP contribution in [-0.4, -0.2) is 4.98 Å². The van der Waals surface area contributed by atoms with Crippen molar-refractivity contribution >= 4 is 11.3 Å².